The average molecular weight is 309 g/mol. The number of rotatable bonds is 5. The Morgan fingerprint density at radius 3 is 2.89 bits per heavy atom. The van der Waals surface area contributed by atoms with E-state index in [1.165, 1.54) is 0 Å². The molecule has 3 N–H and O–H groups in total. The van der Waals surface area contributed by atoms with Crippen molar-refractivity contribution in [2.45, 2.75) is 25.8 Å². The molecule has 1 heterocycles. The molecule has 2 rings (SSSR count). The molecule has 1 aromatic heterocycles. The Balaban J connectivity index is 1.88. The molecule has 0 radical (unpaired) electrons. The van der Waals surface area contributed by atoms with Gasteiger partial charge in [0.05, 0.1) is 6.26 Å². The largest absolute Gasteiger partial charge is 0.469 e. The standard InChI is InChI=1S/C14H17BrN2O/c1-10(4-6-12-3-2-8-18-12)17-14-7-5-11(16)9-13(14)15/h2-3,5,7-10,17H,4,6,16H2,1H3. The number of benzene rings is 1. The predicted octanol–water partition coefficient (Wildman–Crippen LogP) is 4.06. The quantitative estimate of drug-likeness (QED) is 0.819. The number of halogens is 1. The van der Waals surface area contributed by atoms with Crippen LogP contribution in [0.2, 0.25) is 0 Å². The molecule has 0 saturated heterocycles. The second kappa shape index (κ2) is 5.96. The highest BCUT2D eigenvalue weighted by Crippen LogP contribution is 2.25. The molecule has 96 valence electrons. The lowest BCUT2D eigenvalue weighted by Gasteiger charge is -2.16. The Hall–Kier alpha value is -1.42. The highest BCUT2D eigenvalue weighted by Gasteiger charge is 2.06. The number of furan rings is 1. The minimum absolute atomic E-state index is 0.370. The van der Waals surface area contributed by atoms with Crippen molar-refractivity contribution in [3.8, 4) is 0 Å². The number of nitrogen functional groups attached to an aromatic ring is 1. The van der Waals surface area contributed by atoms with Gasteiger partial charge in [0.1, 0.15) is 5.76 Å². The lowest BCUT2D eigenvalue weighted by molar-refractivity contribution is 0.495. The van der Waals surface area contributed by atoms with Crippen LogP contribution >= 0.6 is 15.9 Å². The first kappa shape index (κ1) is 13.0. The van der Waals surface area contributed by atoms with E-state index in [4.69, 9.17) is 10.2 Å². The molecule has 18 heavy (non-hydrogen) atoms. The molecule has 1 unspecified atom stereocenters. The smallest absolute Gasteiger partial charge is 0.103 e. The summed E-state index contributed by atoms with van der Waals surface area (Å²) in [5.41, 5.74) is 7.54. The molecule has 0 saturated carbocycles. The summed E-state index contributed by atoms with van der Waals surface area (Å²) in [4.78, 5) is 0. The number of hydrogen-bond acceptors (Lipinski definition) is 3. The minimum atomic E-state index is 0.370. The van der Waals surface area contributed by atoms with E-state index in [1.54, 1.807) is 6.26 Å². The van der Waals surface area contributed by atoms with E-state index in [-0.39, 0.29) is 0 Å². The van der Waals surface area contributed by atoms with Gasteiger partial charge in [0.25, 0.3) is 0 Å². The van der Waals surface area contributed by atoms with Crippen molar-refractivity contribution < 1.29 is 4.42 Å². The van der Waals surface area contributed by atoms with Crippen molar-refractivity contribution >= 4 is 27.3 Å². The zero-order chi connectivity index (χ0) is 13.0. The van der Waals surface area contributed by atoms with E-state index in [0.717, 1.165) is 34.4 Å². The fourth-order valence-electron chi connectivity index (χ4n) is 1.80. The minimum Gasteiger partial charge on any atom is -0.469 e. The fraction of sp³-hybridized carbons (Fsp3) is 0.286. The van der Waals surface area contributed by atoms with Crippen molar-refractivity contribution in [1.29, 1.82) is 0 Å². The predicted molar refractivity (Wildman–Crippen MR) is 78.7 cm³/mol. The molecule has 0 fully saturated rings. The van der Waals surface area contributed by atoms with Crippen LogP contribution in [-0.2, 0) is 6.42 Å². The van der Waals surface area contributed by atoms with Gasteiger partial charge in [0, 0.05) is 28.3 Å². The molecule has 0 aliphatic heterocycles. The van der Waals surface area contributed by atoms with Gasteiger partial charge in [-0.15, -0.1) is 0 Å². The van der Waals surface area contributed by atoms with Crippen LogP contribution in [0, 0.1) is 0 Å². The monoisotopic (exact) mass is 308 g/mol. The van der Waals surface area contributed by atoms with Gasteiger partial charge in [0.15, 0.2) is 0 Å². The summed E-state index contributed by atoms with van der Waals surface area (Å²) in [6.07, 6.45) is 3.67. The lowest BCUT2D eigenvalue weighted by atomic mass is 10.1. The Kier molecular flexibility index (Phi) is 4.31. The van der Waals surface area contributed by atoms with E-state index < -0.39 is 0 Å². The molecule has 3 nitrogen and oxygen atoms in total. The van der Waals surface area contributed by atoms with Gasteiger partial charge in [0.2, 0.25) is 0 Å². The van der Waals surface area contributed by atoms with Crippen LogP contribution in [0.25, 0.3) is 0 Å². The van der Waals surface area contributed by atoms with Crippen LogP contribution < -0.4 is 11.1 Å². The molecule has 2 aromatic rings. The summed E-state index contributed by atoms with van der Waals surface area (Å²) >= 11 is 3.50. The molecule has 0 aliphatic rings. The van der Waals surface area contributed by atoms with Gasteiger partial charge in [-0.2, -0.15) is 0 Å². The first-order valence-corrected chi connectivity index (χ1v) is 6.78. The zero-order valence-electron chi connectivity index (χ0n) is 10.3. The van der Waals surface area contributed by atoms with Crippen LogP contribution in [0.3, 0.4) is 0 Å². The Bertz CT molecular complexity index is 497. The maximum absolute atomic E-state index is 5.71. The number of hydrogen-bond donors (Lipinski definition) is 2. The van der Waals surface area contributed by atoms with Gasteiger partial charge in [-0.3, -0.25) is 0 Å². The van der Waals surface area contributed by atoms with Crippen LogP contribution in [0.4, 0.5) is 11.4 Å². The van der Waals surface area contributed by atoms with Gasteiger partial charge in [-0.05, 0) is 59.6 Å². The normalized spacial score (nSPS) is 12.3. The number of nitrogens with two attached hydrogens (primary N) is 1. The Morgan fingerprint density at radius 2 is 2.22 bits per heavy atom. The highest BCUT2D eigenvalue weighted by molar-refractivity contribution is 9.10. The molecular weight excluding hydrogens is 292 g/mol. The van der Waals surface area contributed by atoms with Crippen molar-refractivity contribution in [3.63, 3.8) is 0 Å². The third kappa shape index (κ3) is 3.53. The maximum Gasteiger partial charge on any atom is 0.103 e. The first-order valence-electron chi connectivity index (χ1n) is 5.99. The third-order valence-corrected chi connectivity index (χ3v) is 3.45. The topological polar surface area (TPSA) is 51.2 Å². The van der Waals surface area contributed by atoms with E-state index in [2.05, 4.69) is 28.2 Å². The van der Waals surface area contributed by atoms with Crippen molar-refractivity contribution in [2.75, 3.05) is 11.1 Å². The van der Waals surface area contributed by atoms with Crippen LogP contribution in [-0.4, -0.2) is 6.04 Å². The highest BCUT2D eigenvalue weighted by atomic mass is 79.9. The summed E-state index contributed by atoms with van der Waals surface area (Å²) in [7, 11) is 0. The van der Waals surface area contributed by atoms with Crippen LogP contribution in [0.5, 0.6) is 0 Å². The van der Waals surface area contributed by atoms with Gasteiger partial charge < -0.3 is 15.5 Å². The molecule has 0 amide bonds. The Labute approximate surface area is 115 Å². The van der Waals surface area contributed by atoms with E-state index in [9.17, 15) is 0 Å². The number of anilines is 2. The van der Waals surface area contributed by atoms with Gasteiger partial charge >= 0.3 is 0 Å². The summed E-state index contributed by atoms with van der Waals surface area (Å²) in [5, 5.41) is 3.46. The van der Waals surface area contributed by atoms with Crippen molar-refractivity contribution in [2.24, 2.45) is 0 Å². The SMILES string of the molecule is CC(CCc1ccco1)Nc1ccc(N)cc1Br. The Morgan fingerprint density at radius 1 is 1.39 bits per heavy atom. The molecule has 0 bridgehead atoms. The van der Waals surface area contributed by atoms with Crippen molar-refractivity contribution in [3.05, 3.63) is 46.8 Å². The summed E-state index contributed by atoms with van der Waals surface area (Å²) < 4.78 is 6.31. The zero-order valence-corrected chi connectivity index (χ0v) is 11.9. The lowest BCUT2D eigenvalue weighted by Crippen LogP contribution is -2.16. The molecule has 1 aromatic carbocycles. The maximum atomic E-state index is 5.71. The average Bonchev–Trinajstić information content (AvgIpc) is 2.83. The van der Waals surface area contributed by atoms with Gasteiger partial charge in [-0.1, -0.05) is 0 Å². The number of nitrogens with one attached hydrogen (secondary N) is 1. The van der Waals surface area contributed by atoms with Crippen LogP contribution in [0.15, 0.2) is 45.5 Å². The van der Waals surface area contributed by atoms with Gasteiger partial charge in [-0.25, -0.2) is 0 Å². The molecule has 0 aliphatic carbocycles. The molecule has 1 atom stereocenters. The first-order chi connectivity index (χ1) is 8.65. The molecular formula is C14H17BrN2O. The summed E-state index contributed by atoms with van der Waals surface area (Å²) in [6.45, 7) is 2.16. The number of aryl methyl sites for hydroxylation is 1. The fourth-order valence-corrected chi connectivity index (χ4v) is 2.31. The van der Waals surface area contributed by atoms with E-state index in [1.807, 2.05) is 30.3 Å². The van der Waals surface area contributed by atoms with E-state index in [0.29, 0.717) is 6.04 Å². The summed E-state index contributed by atoms with van der Waals surface area (Å²) in [6, 6.07) is 10.1. The van der Waals surface area contributed by atoms with Crippen molar-refractivity contribution in [1.82, 2.24) is 0 Å². The van der Waals surface area contributed by atoms with E-state index >= 15 is 0 Å². The molecule has 0 spiro atoms. The third-order valence-electron chi connectivity index (χ3n) is 2.80. The second-order valence-corrected chi connectivity index (χ2v) is 5.26. The second-order valence-electron chi connectivity index (χ2n) is 4.40. The molecule has 4 heteroatoms. The van der Waals surface area contributed by atoms with Crippen LogP contribution in [0.1, 0.15) is 19.1 Å². The summed E-state index contributed by atoms with van der Waals surface area (Å²) in [5.74, 6) is 1.03.